The molecule has 2 aromatic rings. The van der Waals surface area contributed by atoms with Gasteiger partial charge in [0.25, 0.3) is 0 Å². The van der Waals surface area contributed by atoms with Crippen molar-refractivity contribution < 1.29 is 14.7 Å². The molecule has 0 saturated carbocycles. The Morgan fingerprint density at radius 1 is 0.909 bits per heavy atom. The van der Waals surface area contributed by atoms with Crippen LogP contribution in [0.15, 0.2) is 60.7 Å². The van der Waals surface area contributed by atoms with Crippen LogP contribution < -0.4 is 0 Å². The SMILES string of the molecule is CC(=O)Cc1ccccc1.CC(C)(O)C(=O)c1ccccc1. The average Bonchev–Trinajstić information content (AvgIpc) is 2.47. The number of ketones is 2. The van der Waals surface area contributed by atoms with Gasteiger partial charge in [-0.25, -0.2) is 0 Å². The third-order valence-corrected chi connectivity index (χ3v) is 2.89. The monoisotopic (exact) mass is 298 g/mol. The topological polar surface area (TPSA) is 54.4 Å². The minimum absolute atomic E-state index is 0.214. The van der Waals surface area contributed by atoms with E-state index < -0.39 is 5.60 Å². The molecule has 3 nitrogen and oxygen atoms in total. The second-order valence-corrected chi connectivity index (χ2v) is 5.62. The molecular formula is C19H22O3. The van der Waals surface area contributed by atoms with E-state index in [0.717, 1.165) is 5.56 Å². The standard InChI is InChI=1S/C10H12O2.C9H10O/c1-10(2,12)9(11)8-6-4-3-5-7-8;1-8(10)7-9-5-3-2-4-6-9/h3-7,12H,1-2H3;2-6H,7H2,1H3. The molecule has 0 fully saturated rings. The van der Waals surface area contributed by atoms with Crippen LogP contribution in [0, 0.1) is 0 Å². The van der Waals surface area contributed by atoms with Gasteiger partial charge in [0, 0.05) is 12.0 Å². The molecule has 0 aliphatic rings. The number of hydrogen-bond acceptors (Lipinski definition) is 3. The number of aliphatic hydroxyl groups is 1. The average molecular weight is 298 g/mol. The lowest BCUT2D eigenvalue weighted by atomic mass is 9.97. The molecule has 2 rings (SSSR count). The van der Waals surface area contributed by atoms with Gasteiger partial charge in [-0.15, -0.1) is 0 Å². The minimum atomic E-state index is -1.28. The first-order valence-electron chi connectivity index (χ1n) is 7.16. The zero-order chi connectivity index (χ0) is 16.6. The molecule has 22 heavy (non-hydrogen) atoms. The van der Waals surface area contributed by atoms with Crippen LogP contribution in [0.4, 0.5) is 0 Å². The van der Waals surface area contributed by atoms with E-state index in [1.807, 2.05) is 36.4 Å². The number of Topliss-reactive ketones (excluding diaryl/α,β-unsaturated/α-hetero) is 2. The van der Waals surface area contributed by atoms with Crippen molar-refractivity contribution in [2.45, 2.75) is 32.8 Å². The van der Waals surface area contributed by atoms with Crippen LogP contribution in [-0.2, 0) is 11.2 Å². The van der Waals surface area contributed by atoms with E-state index in [0.29, 0.717) is 12.0 Å². The first kappa shape index (κ1) is 17.8. The van der Waals surface area contributed by atoms with Crippen LogP contribution in [0.5, 0.6) is 0 Å². The highest BCUT2D eigenvalue weighted by Gasteiger charge is 2.24. The number of rotatable bonds is 4. The van der Waals surface area contributed by atoms with Crippen molar-refractivity contribution in [3.05, 3.63) is 71.8 Å². The van der Waals surface area contributed by atoms with Crippen molar-refractivity contribution in [1.29, 1.82) is 0 Å². The summed E-state index contributed by atoms with van der Waals surface area (Å²) in [6.45, 7) is 4.58. The van der Waals surface area contributed by atoms with Crippen LogP contribution in [-0.4, -0.2) is 22.3 Å². The van der Waals surface area contributed by atoms with Gasteiger partial charge in [-0.2, -0.15) is 0 Å². The highest BCUT2D eigenvalue weighted by atomic mass is 16.3. The second-order valence-electron chi connectivity index (χ2n) is 5.62. The van der Waals surface area contributed by atoms with Crippen LogP contribution in [0.1, 0.15) is 36.7 Å². The van der Waals surface area contributed by atoms with E-state index in [9.17, 15) is 14.7 Å². The number of benzene rings is 2. The lowest BCUT2D eigenvalue weighted by Crippen LogP contribution is -2.30. The predicted octanol–water partition coefficient (Wildman–Crippen LogP) is 3.46. The number of hydrogen-bond donors (Lipinski definition) is 1. The normalized spacial score (nSPS) is 10.4. The summed E-state index contributed by atoms with van der Waals surface area (Å²) >= 11 is 0. The quantitative estimate of drug-likeness (QED) is 0.879. The van der Waals surface area contributed by atoms with Gasteiger partial charge < -0.3 is 5.11 Å². The van der Waals surface area contributed by atoms with Crippen LogP contribution in [0.3, 0.4) is 0 Å². The molecule has 0 radical (unpaired) electrons. The molecular weight excluding hydrogens is 276 g/mol. The smallest absolute Gasteiger partial charge is 0.193 e. The van der Waals surface area contributed by atoms with Crippen molar-refractivity contribution in [2.75, 3.05) is 0 Å². The molecule has 0 unspecified atom stereocenters. The van der Waals surface area contributed by atoms with Gasteiger partial charge in [-0.05, 0) is 26.3 Å². The summed E-state index contributed by atoms with van der Waals surface area (Å²) in [5, 5.41) is 9.39. The maximum absolute atomic E-state index is 11.4. The minimum Gasteiger partial charge on any atom is -0.382 e. The summed E-state index contributed by atoms with van der Waals surface area (Å²) in [7, 11) is 0. The third kappa shape index (κ3) is 6.46. The predicted molar refractivity (Wildman–Crippen MR) is 87.9 cm³/mol. The fourth-order valence-electron chi connectivity index (χ4n) is 1.83. The Hall–Kier alpha value is -2.26. The highest BCUT2D eigenvalue weighted by Crippen LogP contribution is 2.11. The Morgan fingerprint density at radius 2 is 1.36 bits per heavy atom. The van der Waals surface area contributed by atoms with Crippen LogP contribution >= 0.6 is 0 Å². The summed E-state index contributed by atoms with van der Waals surface area (Å²) in [4.78, 5) is 22.0. The van der Waals surface area contributed by atoms with Gasteiger partial charge in [0.1, 0.15) is 11.4 Å². The van der Waals surface area contributed by atoms with Gasteiger partial charge in [0.2, 0.25) is 0 Å². The molecule has 0 aliphatic heterocycles. The molecule has 0 saturated heterocycles. The molecule has 1 N–H and O–H groups in total. The first-order chi connectivity index (χ1) is 10.3. The first-order valence-corrected chi connectivity index (χ1v) is 7.16. The zero-order valence-corrected chi connectivity index (χ0v) is 13.2. The van der Waals surface area contributed by atoms with E-state index in [-0.39, 0.29) is 11.6 Å². The van der Waals surface area contributed by atoms with Crippen molar-refractivity contribution in [2.24, 2.45) is 0 Å². The summed E-state index contributed by atoms with van der Waals surface area (Å²) < 4.78 is 0. The van der Waals surface area contributed by atoms with Crippen LogP contribution in [0.25, 0.3) is 0 Å². The largest absolute Gasteiger partial charge is 0.382 e. The fraction of sp³-hybridized carbons (Fsp3) is 0.263. The molecule has 0 bridgehead atoms. The van der Waals surface area contributed by atoms with Gasteiger partial charge >= 0.3 is 0 Å². The molecule has 3 heteroatoms. The van der Waals surface area contributed by atoms with E-state index in [4.69, 9.17) is 0 Å². The van der Waals surface area contributed by atoms with E-state index in [1.165, 1.54) is 13.8 Å². The van der Waals surface area contributed by atoms with Crippen LogP contribution in [0.2, 0.25) is 0 Å². The number of carbonyl (C=O) groups is 2. The maximum atomic E-state index is 11.4. The summed E-state index contributed by atoms with van der Waals surface area (Å²) in [6.07, 6.45) is 0.556. The summed E-state index contributed by atoms with van der Waals surface area (Å²) in [5.74, 6) is -0.0331. The molecule has 0 heterocycles. The Labute approximate surface area is 131 Å². The number of carbonyl (C=O) groups excluding carboxylic acids is 2. The second kappa shape index (κ2) is 8.25. The fourth-order valence-corrected chi connectivity index (χ4v) is 1.83. The van der Waals surface area contributed by atoms with E-state index in [1.54, 1.807) is 31.2 Å². The molecule has 0 aliphatic carbocycles. The van der Waals surface area contributed by atoms with Crippen molar-refractivity contribution in [3.63, 3.8) is 0 Å². The Kier molecular flexibility index (Phi) is 6.67. The Bertz CT molecular complexity index is 596. The summed E-state index contributed by atoms with van der Waals surface area (Å²) in [5.41, 5.74) is 0.362. The third-order valence-electron chi connectivity index (χ3n) is 2.89. The Balaban J connectivity index is 0.000000224. The molecule has 116 valence electrons. The molecule has 2 aromatic carbocycles. The maximum Gasteiger partial charge on any atom is 0.193 e. The Morgan fingerprint density at radius 3 is 1.77 bits per heavy atom. The lowest BCUT2D eigenvalue weighted by molar-refractivity contribution is -0.116. The lowest BCUT2D eigenvalue weighted by Gasteiger charge is -2.14. The van der Waals surface area contributed by atoms with E-state index >= 15 is 0 Å². The zero-order valence-electron chi connectivity index (χ0n) is 13.2. The highest BCUT2D eigenvalue weighted by molar-refractivity contribution is 6.01. The van der Waals surface area contributed by atoms with Gasteiger partial charge in [-0.1, -0.05) is 60.7 Å². The van der Waals surface area contributed by atoms with Gasteiger partial charge in [-0.3, -0.25) is 9.59 Å². The molecule has 0 atom stereocenters. The molecule has 0 amide bonds. The van der Waals surface area contributed by atoms with Gasteiger partial charge in [0.05, 0.1) is 0 Å². The van der Waals surface area contributed by atoms with Crippen molar-refractivity contribution in [3.8, 4) is 0 Å². The van der Waals surface area contributed by atoms with Crippen molar-refractivity contribution >= 4 is 11.6 Å². The van der Waals surface area contributed by atoms with Crippen molar-refractivity contribution in [1.82, 2.24) is 0 Å². The molecule has 0 spiro atoms. The van der Waals surface area contributed by atoms with Gasteiger partial charge in [0.15, 0.2) is 5.78 Å². The van der Waals surface area contributed by atoms with E-state index in [2.05, 4.69) is 0 Å². The summed E-state index contributed by atoms with van der Waals surface area (Å²) in [6, 6.07) is 18.5. The molecule has 0 aromatic heterocycles.